The van der Waals surface area contributed by atoms with E-state index in [0.717, 1.165) is 51.3 Å². The van der Waals surface area contributed by atoms with Crippen LogP contribution in [0.2, 0.25) is 0 Å². The fourth-order valence-electron chi connectivity index (χ4n) is 4.06. The van der Waals surface area contributed by atoms with E-state index >= 15 is 0 Å². The van der Waals surface area contributed by atoms with E-state index in [1.54, 1.807) is 0 Å². The Morgan fingerprint density at radius 3 is 2.39 bits per heavy atom. The van der Waals surface area contributed by atoms with Gasteiger partial charge < -0.3 is 14.6 Å². The summed E-state index contributed by atoms with van der Waals surface area (Å²) in [5.41, 5.74) is 1.34. The summed E-state index contributed by atoms with van der Waals surface area (Å²) in [6.45, 7) is 8.53. The predicted molar refractivity (Wildman–Crippen MR) is 90.6 cm³/mol. The normalized spacial score (nSPS) is 26.9. The summed E-state index contributed by atoms with van der Waals surface area (Å²) >= 11 is 0. The second-order valence-corrected chi connectivity index (χ2v) is 6.78. The van der Waals surface area contributed by atoms with E-state index in [2.05, 4.69) is 17.0 Å². The molecule has 2 fully saturated rings. The molecule has 2 unspecified atom stereocenters. The van der Waals surface area contributed by atoms with Crippen LogP contribution >= 0.6 is 0 Å². The number of rotatable bonds is 6. The molecule has 23 heavy (non-hydrogen) atoms. The van der Waals surface area contributed by atoms with E-state index in [0.29, 0.717) is 6.61 Å². The van der Waals surface area contributed by atoms with Crippen molar-refractivity contribution >= 4 is 0 Å². The van der Waals surface area contributed by atoms with Crippen molar-refractivity contribution in [2.45, 2.75) is 51.9 Å². The van der Waals surface area contributed by atoms with Gasteiger partial charge in [0.2, 0.25) is 0 Å². The third-order valence-corrected chi connectivity index (χ3v) is 5.54. The molecule has 1 aliphatic heterocycles. The Morgan fingerprint density at radius 1 is 1.13 bits per heavy atom. The molecule has 1 heterocycles. The van der Waals surface area contributed by atoms with Crippen LogP contribution in [0.4, 0.5) is 0 Å². The van der Waals surface area contributed by atoms with Crippen LogP contribution in [0.1, 0.15) is 38.7 Å². The van der Waals surface area contributed by atoms with E-state index in [9.17, 15) is 5.11 Å². The van der Waals surface area contributed by atoms with Crippen LogP contribution in [0.5, 0.6) is 5.75 Å². The Morgan fingerprint density at radius 2 is 1.83 bits per heavy atom. The minimum atomic E-state index is -0.174. The van der Waals surface area contributed by atoms with Gasteiger partial charge in [-0.05, 0) is 57.5 Å². The van der Waals surface area contributed by atoms with Gasteiger partial charge in [0.05, 0.1) is 18.8 Å². The average Bonchev–Trinajstić information content (AvgIpc) is 2.57. The molecule has 1 spiro atoms. The van der Waals surface area contributed by atoms with Crippen molar-refractivity contribution in [3.05, 3.63) is 29.8 Å². The Balaban J connectivity index is 1.53. The Kier molecular flexibility index (Phi) is 5.24. The van der Waals surface area contributed by atoms with Crippen LogP contribution in [0.25, 0.3) is 0 Å². The van der Waals surface area contributed by atoms with E-state index in [1.807, 2.05) is 26.0 Å². The molecule has 4 heteroatoms. The Hall–Kier alpha value is -1.10. The van der Waals surface area contributed by atoms with Crippen molar-refractivity contribution < 1.29 is 14.6 Å². The van der Waals surface area contributed by atoms with Gasteiger partial charge in [-0.3, -0.25) is 4.90 Å². The molecule has 0 radical (unpaired) electrons. The number of hydrogen-bond acceptors (Lipinski definition) is 4. The summed E-state index contributed by atoms with van der Waals surface area (Å²) in [5.74, 6) is 0.936. The van der Waals surface area contributed by atoms with Gasteiger partial charge in [-0.25, -0.2) is 0 Å². The fraction of sp³-hybridized carbons (Fsp3) is 0.684. The summed E-state index contributed by atoms with van der Waals surface area (Å²) in [5, 5.41) is 10.3. The highest BCUT2D eigenvalue weighted by molar-refractivity contribution is 5.27. The molecular weight excluding hydrogens is 290 g/mol. The number of likely N-dealkylation sites (tertiary alicyclic amines) is 1. The Labute approximate surface area is 139 Å². The first-order chi connectivity index (χ1) is 11.2. The maximum absolute atomic E-state index is 10.3. The van der Waals surface area contributed by atoms with Gasteiger partial charge >= 0.3 is 0 Å². The average molecular weight is 319 g/mol. The number of ether oxygens (including phenoxy) is 2. The summed E-state index contributed by atoms with van der Waals surface area (Å²) < 4.78 is 11.3. The third-order valence-electron chi connectivity index (χ3n) is 5.54. The first kappa shape index (κ1) is 16.7. The summed E-state index contributed by atoms with van der Waals surface area (Å²) in [7, 11) is 0. The van der Waals surface area contributed by atoms with Gasteiger partial charge in [0.1, 0.15) is 5.75 Å². The van der Waals surface area contributed by atoms with Crippen molar-refractivity contribution in [2.24, 2.45) is 5.41 Å². The molecule has 128 valence electrons. The molecule has 0 aromatic heterocycles. The lowest BCUT2D eigenvalue weighted by Gasteiger charge is -2.56. The highest BCUT2D eigenvalue weighted by Crippen LogP contribution is 2.51. The maximum Gasteiger partial charge on any atom is 0.119 e. The smallest absolute Gasteiger partial charge is 0.119 e. The van der Waals surface area contributed by atoms with Crippen molar-refractivity contribution in [3.8, 4) is 5.75 Å². The van der Waals surface area contributed by atoms with Crippen LogP contribution < -0.4 is 4.74 Å². The zero-order chi connectivity index (χ0) is 16.3. The van der Waals surface area contributed by atoms with Crippen molar-refractivity contribution in [1.29, 1.82) is 0 Å². The van der Waals surface area contributed by atoms with Crippen LogP contribution in [0.3, 0.4) is 0 Å². The molecule has 1 aromatic carbocycles. The second-order valence-electron chi connectivity index (χ2n) is 6.78. The standard InChI is InChI=1S/C19H29NO3/c1-3-22-16-7-5-15(6-8-16)14-20-11-9-19(10-12-20)17(21)13-18(19)23-4-2/h5-8,17-18,21H,3-4,9-14H2,1-2H3. The van der Waals surface area contributed by atoms with Crippen molar-refractivity contribution in [3.63, 3.8) is 0 Å². The zero-order valence-corrected chi connectivity index (χ0v) is 14.3. The molecule has 3 rings (SSSR count). The lowest BCUT2D eigenvalue weighted by Crippen LogP contribution is -2.62. The molecule has 0 amide bonds. The van der Waals surface area contributed by atoms with Crippen LogP contribution in [0.15, 0.2) is 24.3 Å². The van der Waals surface area contributed by atoms with Crippen molar-refractivity contribution in [1.82, 2.24) is 4.90 Å². The van der Waals surface area contributed by atoms with E-state index in [1.165, 1.54) is 5.56 Å². The highest BCUT2D eigenvalue weighted by atomic mass is 16.5. The number of aliphatic hydroxyl groups is 1. The number of hydrogen-bond donors (Lipinski definition) is 1. The summed E-state index contributed by atoms with van der Waals surface area (Å²) in [6, 6.07) is 8.39. The minimum Gasteiger partial charge on any atom is -0.494 e. The van der Waals surface area contributed by atoms with E-state index in [-0.39, 0.29) is 17.6 Å². The predicted octanol–water partition coefficient (Wildman–Crippen LogP) is 2.84. The van der Waals surface area contributed by atoms with E-state index < -0.39 is 0 Å². The molecule has 1 N–H and O–H groups in total. The number of aliphatic hydroxyl groups excluding tert-OH is 1. The highest BCUT2D eigenvalue weighted by Gasteiger charge is 2.55. The molecule has 2 atom stereocenters. The minimum absolute atomic E-state index is 0.0192. The van der Waals surface area contributed by atoms with Crippen LogP contribution in [-0.4, -0.2) is 48.5 Å². The van der Waals surface area contributed by atoms with Gasteiger partial charge in [-0.15, -0.1) is 0 Å². The van der Waals surface area contributed by atoms with Crippen LogP contribution in [-0.2, 0) is 11.3 Å². The van der Waals surface area contributed by atoms with Crippen molar-refractivity contribution in [2.75, 3.05) is 26.3 Å². The zero-order valence-electron chi connectivity index (χ0n) is 14.3. The monoisotopic (exact) mass is 319 g/mol. The first-order valence-corrected chi connectivity index (χ1v) is 8.91. The molecular formula is C19H29NO3. The molecule has 1 aromatic rings. The molecule has 1 aliphatic carbocycles. The molecule has 0 bridgehead atoms. The molecule has 2 aliphatic rings. The number of piperidine rings is 1. The largest absolute Gasteiger partial charge is 0.494 e. The molecule has 4 nitrogen and oxygen atoms in total. The molecule has 1 saturated carbocycles. The lowest BCUT2D eigenvalue weighted by atomic mass is 9.58. The van der Waals surface area contributed by atoms with E-state index in [4.69, 9.17) is 9.47 Å². The first-order valence-electron chi connectivity index (χ1n) is 8.91. The van der Waals surface area contributed by atoms with Gasteiger partial charge in [0.15, 0.2) is 0 Å². The summed E-state index contributed by atoms with van der Waals surface area (Å²) in [4.78, 5) is 2.48. The third kappa shape index (κ3) is 3.39. The van der Waals surface area contributed by atoms with Crippen LogP contribution in [0, 0.1) is 5.41 Å². The topological polar surface area (TPSA) is 41.9 Å². The van der Waals surface area contributed by atoms with Gasteiger partial charge in [-0.1, -0.05) is 12.1 Å². The lowest BCUT2D eigenvalue weighted by molar-refractivity contribution is -0.209. The molecule has 1 saturated heterocycles. The number of benzene rings is 1. The number of nitrogens with zero attached hydrogens (tertiary/aromatic N) is 1. The van der Waals surface area contributed by atoms with Gasteiger partial charge in [0.25, 0.3) is 0 Å². The quantitative estimate of drug-likeness (QED) is 0.875. The Bertz CT molecular complexity index is 492. The second kappa shape index (κ2) is 7.20. The fourth-order valence-corrected chi connectivity index (χ4v) is 4.06. The summed E-state index contributed by atoms with van der Waals surface area (Å²) in [6.07, 6.45) is 2.97. The van der Waals surface area contributed by atoms with Gasteiger partial charge in [-0.2, -0.15) is 0 Å². The van der Waals surface area contributed by atoms with Gasteiger partial charge in [0, 0.05) is 25.0 Å². The maximum atomic E-state index is 10.3. The SMILES string of the molecule is CCOc1ccc(CN2CCC3(CC2)C(O)CC3OCC)cc1.